The molecule has 0 saturated heterocycles. The summed E-state index contributed by atoms with van der Waals surface area (Å²) in [7, 11) is 0. The van der Waals surface area contributed by atoms with Crippen LogP contribution in [0.5, 0.6) is 0 Å². The molecule has 0 aromatic carbocycles. The molecule has 0 aromatic heterocycles. The Balaban J connectivity index is 2.50. The number of primary amides is 1. The van der Waals surface area contributed by atoms with Gasteiger partial charge in [0.2, 0.25) is 11.8 Å². The van der Waals surface area contributed by atoms with Gasteiger partial charge in [-0.3, -0.25) is 9.59 Å². The van der Waals surface area contributed by atoms with Gasteiger partial charge in [0.05, 0.1) is 0 Å². The largest absolute Gasteiger partial charge is 0.368 e. The van der Waals surface area contributed by atoms with Gasteiger partial charge in [-0.25, -0.2) is 0 Å². The number of amides is 2. The highest BCUT2D eigenvalue weighted by Gasteiger charge is 2.33. The second kappa shape index (κ2) is 6.00. The molecule has 1 fully saturated rings. The minimum absolute atomic E-state index is 0.0697. The van der Waals surface area contributed by atoms with Crippen LogP contribution in [-0.2, 0) is 9.59 Å². The zero-order valence-electron chi connectivity index (χ0n) is 10.5. The third-order valence-electron chi connectivity index (χ3n) is 3.69. The molecular formula is C12H23N3O2. The average Bonchev–Trinajstić information content (AvgIpc) is 2.29. The van der Waals surface area contributed by atoms with Gasteiger partial charge in [0, 0.05) is 6.42 Å². The molecule has 98 valence electrons. The van der Waals surface area contributed by atoms with Gasteiger partial charge in [-0.05, 0) is 31.7 Å². The molecule has 5 heteroatoms. The van der Waals surface area contributed by atoms with Gasteiger partial charge >= 0.3 is 0 Å². The zero-order valence-corrected chi connectivity index (χ0v) is 10.5. The first kappa shape index (κ1) is 14.0. The van der Waals surface area contributed by atoms with Crippen molar-refractivity contribution in [2.24, 2.45) is 16.9 Å². The molecule has 0 unspecified atom stereocenters. The molecule has 5 nitrogen and oxygen atoms in total. The number of rotatable bonds is 5. The second-order valence-electron chi connectivity index (χ2n) is 5.13. The highest BCUT2D eigenvalue weighted by Crippen LogP contribution is 2.38. The Labute approximate surface area is 102 Å². The molecule has 1 aliphatic rings. The summed E-state index contributed by atoms with van der Waals surface area (Å²) in [6.07, 6.45) is 5.90. The monoisotopic (exact) mass is 241 g/mol. The first-order valence-corrected chi connectivity index (χ1v) is 6.28. The molecule has 0 bridgehead atoms. The lowest BCUT2D eigenvalue weighted by atomic mass is 9.71. The summed E-state index contributed by atoms with van der Waals surface area (Å²) in [6, 6.07) is -0.610. The van der Waals surface area contributed by atoms with Crippen molar-refractivity contribution >= 4 is 11.8 Å². The Bertz CT molecular complexity index is 285. The fourth-order valence-electron chi connectivity index (χ4n) is 2.46. The highest BCUT2D eigenvalue weighted by atomic mass is 16.2. The van der Waals surface area contributed by atoms with E-state index in [0.717, 1.165) is 25.7 Å². The van der Waals surface area contributed by atoms with E-state index in [4.69, 9.17) is 11.5 Å². The van der Waals surface area contributed by atoms with Gasteiger partial charge in [-0.1, -0.05) is 19.3 Å². The lowest BCUT2D eigenvalue weighted by molar-refractivity contribution is -0.128. The summed E-state index contributed by atoms with van der Waals surface area (Å²) in [6.45, 7) is 2.13. The molecule has 1 rings (SSSR count). The van der Waals surface area contributed by atoms with Gasteiger partial charge in [-0.15, -0.1) is 0 Å². The van der Waals surface area contributed by atoms with Gasteiger partial charge in [0.15, 0.2) is 0 Å². The van der Waals surface area contributed by atoms with Crippen LogP contribution < -0.4 is 16.8 Å². The van der Waals surface area contributed by atoms with Gasteiger partial charge in [-0.2, -0.15) is 0 Å². The molecule has 1 saturated carbocycles. The molecule has 1 aliphatic carbocycles. The van der Waals surface area contributed by atoms with Crippen LogP contribution in [0.2, 0.25) is 0 Å². The molecular weight excluding hydrogens is 218 g/mol. The highest BCUT2D eigenvalue weighted by molar-refractivity contribution is 5.86. The minimum atomic E-state index is -0.610. The van der Waals surface area contributed by atoms with Crippen LogP contribution in [0.4, 0.5) is 0 Å². The number of carbonyl (C=O) groups excluding carboxylic acids is 2. The summed E-state index contributed by atoms with van der Waals surface area (Å²) < 4.78 is 0. The van der Waals surface area contributed by atoms with E-state index >= 15 is 0 Å². The zero-order chi connectivity index (χ0) is 12.9. The normalized spacial score (nSPS) is 20.6. The van der Waals surface area contributed by atoms with Gasteiger partial charge < -0.3 is 16.8 Å². The van der Waals surface area contributed by atoms with E-state index in [0.29, 0.717) is 13.0 Å². The molecule has 0 spiro atoms. The number of nitrogens with two attached hydrogens (primary N) is 2. The molecule has 0 aliphatic heterocycles. The molecule has 1 atom stereocenters. The summed E-state index contributed by atoms with van der Waals surface area (Å²) >= 11 is 0. The molecule has 0 radical (unpaired) electrons. The van der Waals surface area contributed by atoms with Crippen LogP contribution in [0.15, 0.2) is 0 Å². The Hall–Kier alpha value is -1.10. The number of hydrogen-bond acceptors (Lipinski definition) is 3. The van der Waals surface area contributed by atoms with Crippen molar-refractivity contribution in [2.75, 3.05) is 6.54 Å². The molecule has 17 heavy (non-hydrogen) atoms. The Morgan fingerprint density at radius 1 is 1.29 bits per heavy atom. The van der Waals surface area contributed by atoms with Gasteiger partial charge in [0.1, 0.15) is 6.04 Å². The number of hydrogen-bond donors (Lipinski definition) is 3. The van der Waals surface area contributed by atoms with Crippen molar-refractivity contribution < 1.29 is 9.59 Å². The maximum atomic E-state index is 11.8. The quantitative estimate of drug-likeness (QED) is 0.644. The van der Waals surface area contributed by atoms with Crippen LogP contribution >= 0.6 is 0 Å². The van der Waals surface area contributed by atoms with E-state index in [1.807, 2.05) is 0 Å². The number of nitrogens with one attached hydrogen (secondary N) is 1. The summed E-state index contributed by atoms with van der Waals surface area (Å²) in [5.41, 5.74) is 10.8. The lowest BCUT2D eigenvalue weighted by Crippen LogP contribution is -2.45. The van der Waals surface area contributed by atoms with Crippen LogP contribution in [0.25, 0.3) is 0 Å². The van der Waals surface area contributed by atoms with E-state index in [1.165, 1.54) is 6.42 Å². The predicted octanol–water partition coefficient (Wildman–Crippen LogP) is 0.276. The number of carbonyl (C=O) groups is 2. The molecule has 2 amide bonds. The summed E-state index contributed by atoms with van der Waals surface area (Å²) in [5.74, 6) is -0.632. The predicted molar refractivity (Wildman–Crippen MR) is 66.0 cm³/mol. The van der Waals surface area contributed by atoms with Crippen molar-refractivity contribution in [3.05, 3.63) is 0 Å². The Morgan fingerprint density at radius 2 is 1.88 bits per heavy atom. The maximum Gasteiger partial charge on any atom is 0.239 e. The topological polar surface area (TPSA) is 98.2 Å². The van der Waals surface area contributed by atoms with Crippen LogP contribution in [0, 0.1) is 5.41 Å². The van der Waals surface area contributed by atoms with E-state index in [2.05, 4.69) is 5.32 Å². The standard InChI is InChI=1S/C12H23N3O2/c1-9(11(14)17)15-10(16)7-12(8-13)5-3-2-4-6-12/h9H,2-8,13H2,1H3,(H2,14,17)(H,15,16)/t9-/m0/s1. The van der Waals surface area contributed by atoms with Crippen molar-refractivity contribution in [2.45, 2.75) is 51.5 Å². The first-order chi connectivity index (χ1) is 7.99. The Kier molecular flexibility index (Phi) is 4.93. The molecule has 0 aromatic rings. The maximum absolute atomic E-state index is 11.8. The van der Waals surface area contributed by atoms with E-state index in [1.54, 1.807) is 6.92 Å². The van der Waals surface area contributed by atoms with Crippen molar-refractivity contribution in [1.29, 1.82) is 0 Å². The smallest absolute Gasteiger partial charge is 0.239 e. The van der Waals surface area contributed by atoms with Crippen LogP contribution in [-0.4, -0.2) is 24.4 Å². The Morgan fingerprint density at radius 3 is 2.35 bits per heavy atom. The fourth-order valence-corrected chi connectivity index (χ4v) is 2.46. The minimum Gasteiger partial charge on any atom is -0.368 e. The first-order valence-electron chi connectivity index (χ1n) is 6.28. The average molecular weight is 241 g/mol. The third kappa shape index (κ3) is 4.00. The third-order valence-corrected chi connectivity index (χ3v) is 3.69. The summed E-state index contributed by atoms with van der Waals surface area (Å²) in [4.78, 5) is 22.7. The van der Waals surface area contributed by atoms with Crippen LogP contribution in [0.1, 0.15) is 45.4 Å². The van der Waals surface area contributed by atoms with Gasteiger partial charge in [0.25, 0.3) is 0 Å². The van der Waals surface area contributed by atoms with Crippen molar-refractivity contribution in [3.8, 4) is 0 Å². The molecule has 5 N–H and O–H groups in total. The lowest BCUT2D eigenvalue weighted by Gasteiger charge is -2.35. The second-order valence-corrected chi connectivity index (χ2v) is 5.13. The van der Waals surface area contributed by atoms with E-state index < -0.39 is 11.9 Å². The SMILES string of the molecule is C[C@H](NC(=O)CC1(CN)CCCCC1)C(N)=O. The van der Waals surface area contributed by atoms with Crippen LogP contribution in [0.3, 0.4) is 0 Å². The molecule has 0 heterocycles. The van der Waals surface area contributed by atoms with Crippen molar-refractivity contribution in [3.63, 3.8) is 0 Å². The van der Waals surface area contributed by atoms with Crippen molar-refractivity contribution in [1.82, 2.24) is 5.32 Å². The summed E-state index contributed by atoms with van der Waals surface area (Å²) in [5, 5.41) is 2.62. The fraction of sp³-hybridized carbons (Fsp3) is 0.833. The van der Waals surface area contributed by atoms with E-state index in [9.17, 15) is 9.59 Å². The van der Waals surface area contributed by atoms with E-state index in [-0.39, 0.29) is 11.3 Å².